The summed E-state index contributed by atoms with van der Waals surface area (Å²) in [5, 5.41) is 10.8. The average molecular weight is 278 g/mol. The van der Waals surface area contributed by atoms with Gasteiger partial charge in [0.05, 0.1) is 4.92 Å². The zero-order valence-corrected chi connectivity index (χ0v) is 10.2. The molecule has 0 unspecified atom stereocenters. The number of benzene rings is 1. The van der Waals surface area contributed by atoms with Gasteiger partial charge in [0.15, 0.2) is 5.82 Å². The number of hydrogen-bond acceptors (Lipinski definition) is 6. The Kier molecular flexibility index (Phi) is 4.06. The molecule has 0 radical (unpaired) electrons. The highest BCUT2D eigenvalue weighted by molar-refractivity contribution is 5.47. The van der Waals surface area contributed by atoms with E-state index in [0.29, 0.717) is 11.4 Å². The van der Waals surface area contributed by atoms with Gasteiger partial charge < -0.3 is 10.2 Å². The molecule has 0 aliphatic carbocycles. The summed E-state index contributed by atoms with van der Waals surface area (Å²) in [6, 6.07) is 6.75. The van der Waals surface area contributed by atoms with E-state index >= 15 is 0 Å². The van der Waals surface area contributed by atoms with Crippen molar-refractivity contribution in [3.8, 4) is 5.75 Å². The van der Waals surface area contributed by atoms with E-state index in [1.54, 1.807) is 12.1 Å². The molecule has 0 aliphatic rings. The minimum atomic E-state index is -0.787. The Hall–Kier alpha value is -2.74. The molecule has 3 N–H and O–H groups in total. The van der Waals surface area contributed by atoms with Crippen LogP contribution in [0.15, 0.2) is 36.5 Å². The van der Waals surface area contributed by atoms with Crippen molar-refractivity contribution in [1.82, 2.24) is 4.98 Å². The molecule has 1 heterocycles. The minimum absolute atomic E-state index is 0.0427. The zero-order chi connectivity index (χ0) is 14.5. The molecule has 2 rings (SSSR count). The first kappa shape index (κ1) is 13.7. The van der Waals surface area contributed by atoms with Crippen LogP contribution in [0.1, 0.15) is 5.56 Å². The second kappa shape index (κ2) is 5.93. The SMILES string of the molecule is NNc1cc(COc2c(F)cccc2[N+](=O)[O-])ccn1. The van der Waals surface area contributed by atoms with Crippen LogP contribution in [0.4, 0.5) is 15.9 Å². The first-order chi connectivity index (χ1) is 9.61. The Morgan fingerprint density at radius 1 is 1.45 bits per heavy atom. The fraction of sp³-hybridized carbons (Fsp3) is 0.0833. The Morgan fingerprint density at radius 2 is 2.25 bits per heavy atom. The smallest absolute Gasteiger partial charge is 0.314 e. The summed E-state index contributed by atoms with van der Waals surface area (Å²) in [6.07, 6.45) is 1.49. The molecule has 7 nitrogen and oxygen atoms in total. The van der Waals surface area contributed by atoms with Crippen LogP contribution < -0.4 is 16.0 Å². The van der Waals surface area contributed by atoms with E-state index in [1.165, 1.54) is 18.3 Å². The van der Waals surface area contributed by atoms with Gasteiger partial charge in [-0.2, -0.15) is 0 Å². The van der Waals surface area contributed by atoms with E-state index < -0.39 is 22.2 Å². The van der Waals surface area contributed by atoms with Gasteiger partial charge in [-0.3, -0.25) is 10.1 Å². The first-order valence-corrected chi connectivity index (χ1v) is 5.59. The summed E-state index contributed by atoms with van der Waals surface area (Å²) in [6.45, 7) is -0.0427. The number of hydrazine groups is 1. The summed E-state index contributed by atoms with van der Waals surface area (Å²) in [4.78, 5) is 14.0. The molecule has 0 fully saturated rings. The quantitative estimate of drug-likeness (QED) is 0.492. The lowest BCUT2D eigenvalue weighted by molar-refractivity contribution is -0.386. The van der Waals surface area contributed by atoms with Gasteiger partial charge in [-0.1, -0.05) is 6.07 Å². The fourth-order valence-corrected chi connectivity index (χ4v) is 1.58. The molecule has 0 bridgehead atoms. The number of anilines is 1. The molecule has 0 amide bonds. The van der Waals surface area contributed by atoms with E-state index in [-0.39, 0.29) is 6.61 Å². The number of rotatable bonds is 5. The van der Waals surface area contributed by atoms with Crippen LogP contribution >= 0.6 is 0 Å². The number of para-hydroxylation sites is 1. The number of ether oxygens (including phenoxy) is 1. The van der Waals surface area contributed by atoms with Gasteiger partial charge in [-0.15, -0.1) is 0 Å². The Bertz CT molecular complexity index is 636. The van der Waals surface area contributed by atoms with Crippen molar-refractivity contribution in [2.75, 3.05) is 5.43 Å². The second-order valence-corrected chi connectivity index (χ2v) is 3.83. The van der Waals surface area contributed by atoms with Crippen molar-refractivity contribution in [2.45, 2.75) is 6.61 Å². The number of nitrogens with one attached hydrogen (secondary N) is 1. The molecule has 0 spiro atoms. The number of pyridine rings is 1. The van der Waals surface area contributed by atoms with Crippen LogP contribution in [0.3, 0.4) is 0 Å². The lowest BCUT2D eigenvalue weighted by Gasteiger charge is -2.08. The van der Waals surface area contributed by atoms with E-state index in [9.17, 15) is 14.5 Å². The maximum absolute atomic E-state index is 13.6. The number of nitrogens with zero attached hydrogens (tertiary/aromatic N) is 2. The number of nitro benzene ring substituents is 1. The third-order valence-electron chi connectivity index (χ3n) is 2.50. The summed E-state index contributed by atoms with van der Waals surface area (Å²) in [5.41, 5.74) is 2.58. The molecule has 1 aromatic heterocycles. The normalized spacial score (nSPS) is 10.1. The van der Waals surface area contributed by atoms with Crippen molar-refractivity contribution in [2.24, 2.45) is 5.84 Å². The van der Waals surface area contributed by atoms with Crippen molar-refractivity contribution >= 4 is 11.5 Å². The molecule has 8 heteroatoms. The van der Waals surface area contributed by atoms with Gasteiger partial charge in [-0.05, 0) is 23.8 Å². The van der Waals surface area contributed by atoms with Gasteiger partial charge in [0, 0.05) is 12.3 Å². The Morgan fingerprint density at radius 3 is 2.95 bits per heavy atom. The maximum Gasteiger partial charge on any atom is 0.314 e. The largest absolute Gasteiger partial charge is 0.480 e. The van der Waals surface area contributed by atoms with Crippen molar-refractivity contribution < 1.29 is 14.1 Å². The number of nitrogens with two attached hydrogens (primary N) is 1. The number of halogens is 1. The third-order valence-corrected chi connectivity index (χ3v) is 2.50. The van der Waals surface area contributed by atoms with Crippen LogP contribution in [0.5, 0.6) is 5.75 Å². The number of hydrogen-bond donors (Lipinski definition) is 2. The summed E-state index contributed by atoms with van der Waals surface area (Å²) >= 11 is 0. The van der Waals surface area contributed by atoms with Crippen LogP contribution in [0.25, 0.3) is 0 Å². The molecule has 1 aromatic carbocycles. The summed E-state index contributed by atoms with van der Waals surface area (Å²) in [7, 11) is 0. The lowest BCUT2D eigenvalue weighted by atomic mass is 10.2. The van der Waals surface area contributed by atoms with Crippen molar-refractivity contribution in [3.05, 3.63) is 58.0 Å². The van der Waals surface area contributed by atoms with Crippen LogP contribution in [0.2, 0.25) is 0 Å². The lowest BCUT2D eigenvalue weighted by Crippen LogP contribution is -2.09. The summed E-state index contributed by atoms with van der Waals surface area (Å²) in [5.74, 6) is 4.44. The van der Waals surface area contributed by atoms with Crippen LogP contribution in [0, 0.1) is 15.9 Å². The average Bonchev–Trinajstić information content (AvgIpc) is 2.45. The highest BCUT2D eigenvalue weighted by Crippen LogP contribution is 2.30. The van der Waals surface area contributed by atoms with Crippen LogP contribution in [-0.2, 0) is 6.61 Å². The number of aromatic nitrogens is 1. The van der Waals surface area contributed by atoms with E-state index in [1.807, 2.05) is 0 Å². The monoisotopic (exact) mass is 278 g/mol. The number of nitro groups is 1. The van der Waals surface area contributed by atoms with Crippen LogP contribution in [-0.4, -0.2) is 9.91 Å². The van der Waals surface area contributed by atoms with Gasteiger partial charge in [0.2, 0.25) is 5.75 Å². The molecule has 20 heavy (non-hydrogen) atoms. The molecule has 0 saturated heterocycles. The highest BCUT2D eigenvalue weighted by Gasteiger charge is 2.19. The molecule has 0 atom stereocenters. The Labute approximate surface area is 113 Å². The fourth-order valence-electron chi connectivity index (χ4n) is 1.58. The molecule has 104 valence electrons. The first-order valence-electron chi connectivity index (χ1n) is 5.59. The molecular weight excluding hydrogens is 267 g/mol. The minimum Gasteiger partial charge on any atom is -0.480 e. The Balaban J connectivity index is 2.20. The van der Waals surface area contributed by atoms with E-state index in [4.69, 9.17) is 10.6 Å². The standard InChI is InChI=1S/C12H11FN4O3/c13-9-2-1-3-10(17(18)19)12(9)20-7-8-4-5-15-11(6-8)16-14/h1-6H,7,14H2,(H,15,16). The number of nitrogen functional groups attached to an aromatic ring is 1. The topological polar surface area (TPSA) is 103 Å². The van der Waals surface area contributed by atoms with Gasteiger partial charge in [0.25, 0.3) is 0 Å². The van der Waals surface area contributed by atoms with Gasteiger partial charge >= 0.3 is 5.69 Å². The second-order valence-electron chi connectivity index (χ2n) is 3.83. The van der Waals surface area contributed by atoms with Crippen molar-refractivity contribution in [3.63, 3.8) is 0 Å². The third kappa shape index (κ3) is 2.98. The summed E-state index contributed by atoms with van der Waals surface area (Å²) < 4.78 is 18.8. The molecular formula is C12H11FN4O3. The maximum atomic E-state index is 13.6. The van der Waals surface area contributed by atoms with Gasteiger partial charge in [-0.25, -0.2) is 15.2 Å². The zero-order valence-electron chi connectivity index (χ0n) is 10.2. The van der Waals surface area contributed by atoms with Gasteiger partial charge in [0.1, 0.15) is 12.4 Å². The van der Waals surface area contributed by atoms with E-state index in [0.717, 1.165) is 6.07 Å². The predicted octanol–water partition coefficient (Wildman–Crippen LogP) is 1.99. The van der Waals surface area contributed by atoms with E-state index in [2.05, 4.69) is 10.4 Å². The molecule has 0 saturated carbocycles. The highest BCUT2D eigenvalue weighted by atomic mass is 19.1. The van der Waals surface area contributed by atoms with Crippen molar-refractivity contribution in [1.29, 1.82) is 0 Å². The molecule has 2 aromatic rings. The molecule has 0 aliphatic heterocycles. The predicted molar refractivity (Wildman–Crippen MR) is 69.4 cm³/mol.